The zero-order valence-corrected chi connectivity index (χ0v) is 16.0. The van der Waals surface area contributed by atoms with E-state index in [0.717, 1.165) is 42.2 Å². The molecule has 8 nitrogen and oxygen atoms in total. The lowest BCUT2D eigenvalue weighted by Crippen LogP contribution is -2.23. The summed E-state index contributed by atoms with van der Waals surface area (Å²) in [5.74, 6) is 1.39. The molecule has 3 heterocycles. The molecule has 0 amide bonds. The fraction of sp³-hybridized carbons (Fsp3) is 0.389. The van der Waals surface area contributed by atoms with Gasteiger partial charge in [-0.25, -0.2) is 4.98 Å². The third-order valence-corrected chi connectivity index (χ3v) is 5.39. The molecule has 4 rings (SSSR count). The maximum atomic E-state index is 13.0. The highest BCUT2D eigenvalue weighted by Gasteiger charge is 2.16. The van der Waals surface area contributed by atoms with Crippen molar-refractivity contribution in [3.05, 3.63) is 47.3 Å². The number of hydrogen-bond donors (Lipinski definition) is 0. The molecule has 0 bridgehead atoms. The number of nitrogens with zero attached hydrogens (tertiary/aromatic N) is 7. The highest BCUT2D eigenvalue weighted by atomic mass is 32.2. The normalized spacial score (nSPS) is 11.6. The first-order valence-electron chi connectivity index (χ1n) is 9.11. The van der Waals surface area contributed by atoms with Crippen molar-refractivity contribution in [2.45, 2.75) is 44.4 Å². The molecule has 0 saturated carbocycles. The first-order valence-corrected chi connectivity index (χ1v) is 10.1. The molecule has 0 aliphatic heterocycles. The van der Waals surface area contributed by atoms with Gasteiger partial charge in [0.25, 0.3) is 5.56 Å². The Balaban J connectivity index is 1.73. The van der Waals surface area contributed by atoms with Crippen LogP contribution >= 0.6 is 11.8 Å². The number of para-hydroxylation sites is 1. The molecule has 0 aliphatic carbocycles. The van der Waals surface area contributed by atoms with Crippen LogP contribution in [-0.4, -0.2) is 39.7 Å². The number of fused-ring (bicyclic) bond motifs is 3. The van der Waals surface area contributed by atoms with Crippen molar-refractivity contribution in [2.75, 3.05) is 5.75 Å². The van der Waals surface area contributed by atoms with Crippen LogP contribution in [0.15, 0.2) is 46.9 Å². The second-order valence-electron chi connectivity index (χ2n) is 6.31. The van der Waals surface area contributed by atoms with Gasteiger partial charge < -0.3 is 0 Å². The largest absolute Gasteiger partial charge is 0.276 e. The maximum absolute atomic E-state index is 13.0. The predicted molar refractivity (Wildman–Crippen MR) is 105 cm³/mol. The number of aryl methyl sites for hydroxylation is 2. The Hall–Kier alpha value is -2.68. The van der Waals surface area contributed by atoms with Crippen LogP contribution in [0.4, 0.5) is 0 Å². The van der Waals surface area contributed by atoms with E-state index in [2.05, 4.69) is 27.2 Å². The molecule has 1 aromatic carbocycles. The average molecular weight is 383 g/mol. The van der Waals surface area contributed by atoms with Crippen molar-refractivity contribution in [1.82, 2.24) is 33.9 Å². The van der Waals surface area contributed by atoms with Crippen molar-refractivity contribution in [2.24, 2.45) is 0 Å². The molecule has 9 heteroatoms. The molecular weight excluding hydrogens is 362 g/mol. The number of aromatic nitrogens is 7. The number of rotatable bonds is 8. The van der Waals surface area contributed by atoms with Crippen LogP contribution in [0.2, 0.25) is 0 Å². The van der Waals surface area contributed by atoms with Crippen molar-refractivity contribution in [1.29, 1.82) is 0 Å². The summed E-state index contributed by atoms with van der Waals surface area (Å²) in [6.45, 7) is 3.54. The molecule has 0 unspecified atom stereocenters. The second-order valence-corrected chi connectivity index (χ2v) is 7.37. The Morgan fingerprint density at radius 2 is 2.00 bits per heavy atom. The van der Waals surface area contributed by atoms with Gasteiger partial charge in [0.2, 0.25) is 5.78 Å². The van der Waals surface area contributed by atoms with E-state index < -0.39 is 0 Å². The molecule has 27 heavy (non-hydrogen) atoms. The lowest BCUT2D eigenvalue weighted by Gasteiger charge is -2.11. The van der Waals surface area contributed by atoms with Crippen LogP contribution in [0.5, 0.6) is 0 Å². The Morgan fingerprint density at radius 3 is 2.81 bits per heavy atom. The van der Waals surface area contributed by atoms with Crippen LogP contribution in [-0.2, 0) is 13.1 Å². The van der Waals surface area contributed by atoms with E-state index in [1.165, 1.54) is 6.33 Å². The summed E-state index contributed by atoms with van der Waals surface area (Å²) < 4.78 is 5.54. The van der Waals surface area contributed by atoms with E-state index in [1.807, 2.05) is 28.7 Å². The average Bonchev–Trinajstić information content (AvgIpc) is 3.35. The molecule has 0 radical (unpaired) electrons. The quantitative estimate of drug-likeness (QED) is 0.344. The molecule has 0 fully saturated rings. The van der Waals surface area contributed by atoms with Gasteiger partial charge in [-0.05, 0) is 18.6 Å². The zero-order chi connectivity index (χ0) is 18.6. The molecule has 0 atom stereocenters. The van der Waals surface area contributed by atoms with E-state index >= 15 is 0 Å². The van der Waals surface area contributed by atoms with Gasteiger partial charge in [0, 0.05) is 12.3 Å². The standard InChI is InChI=1S/C18H21N7OS/c1-2-3-6-9-24-16(26)14-7-4-5-8-15(14)25-17(24)21-22-18(25)27-11-10-23-13-19-12-20-23/h4-5,7-8,12-13H,2-3,6,9-11H2,1H3. The summed E-state index contributed by atoms with van der Waals surface area (Å²) in [5.41, 5.74) is 0.846. The van der Waals surface area contributed by atoms with Gasteiger partial charge in [0.15, 0.2) is 5.16 Å². The summed E-state index contributed by atoms with van der Waals surface area (Å²) in [4.78, 5) is 16.9. The summed E-state index contributed by atoms with van der Waals surface area (Å²) in [6.07, 6.45) is 6.36. The Kier molecular flexibility index (Phi) is 5.19. The number of hydrogen-bond acceptors (Lipinski definition) is 6. The van der Waals surface area contributed by atoms with Gasteiger partial charge in [0.1, 0.15) is 12.7 Å². The maximum Gasteiger partial charge on any atom is 0.262 e. The second kappa shape index (κ2) is 7.91. The Labute approximate surface area is 160 Å². The van der Waals surface area contributed by atoms with Gasteiger partial charge in [-0.2, -0.15) is 5.10 Å². The van der Waals surface area contributed by atoms with Gasteiger partial charge >= 0.3 is 0 Å². The molecule has 0 spiro atoms. The Morgan fingerprint density at radius 1 is 1.11 bits per heavy atom. The van der Waals surface area contributed by atoms with Crippen LogP contribution in [0.3, 0.4) is 0 Å². The molecule has 0 N–H and O–H groups in total. The topological polar surface area (TPSA) is 82.9 Å². The van der Waals surface area contributed by atoms with Crippen LogP contribution in [0, 0.1) is 0 Å². The molecule has 3 aromatic heterocycles. The molecule has 0 saturated heterocycles. The van der Waals surface area contributed by atoms with Crippen molar-refractivity contribution < 1.29 is 0 Å². The SMILES string of the molecule is CCCCCn1c(=O)c2ccccc2n2c(SCCn3cncn3)nnc12. The summed E-state index contributed by atoms with van der Waals surface area (Å²) >= 11 is 1.60. The molecule has 0 aliphatic rings. The highest BCUT2D eigenvalue weighted by molar-refractivity contribution is 7.99. The van der Waals surface area contributed by atoms with Crippen molar-refractivity contribution in [3.63, 3.8) is 0 Å². The number of unbranched alkanes of at least 4 members (excludes halogenated alkanes) is 2. The minimum atomic E-state index is 0.000712. The smallest absolute Gasteiger partial charge is 0.262 e. The minimum Gasteiger partial charge on any atom is -0.276 e. The third kappa shape index (κ3) is 3.46. The van der Waals surface area contributed by atoms with E-state index in [4.69, 9.17) is 0 Å². The number of thioether (sulfide) groups is 1. The van der Waals surface area contributed by atoms with Crippen molar-refractivity contribution >= 4 is 28.4 Å². The molecule has 140 valence electrons. The van der Waals surface area contributed by atoms with Crippen LogP contribution < -0.4 is 5.56 Å². The van der Waals surface area contributed by atoms with Crippen LogP contribution in [0.25, 0.3) is 16.7 Å². The van der Waals surface area contributed by atoms with E-state index in [9.17, 15) is 4.79 Å². The highest BCUT2D eigenvalue weighted by Crippen LogP contribution is 2.22. The van der Waals surface area contributed by atoms with E-state index in [0.29, 0.717) is 17.7 Å². The summed E-state index contributed by atoms with van der Waals surface area (Å²) in [7, 11) is 0. The van der Waals surface area contributed by atoms with E-state index in [1.54, 1.807) is 27.3 Å². The van der Waals surface area contributed by atoms with Crippen LogP contribution in [0.1, 0.15) is 26.2 Å². The first-order chi connectivity index (χ1) is 13.3. The molecular formula is C18H21N7OS. The zero-order valence-electron chi connectivity index (χ0n) is 15.2. The van der Waals surface area contributed by atoms with Gasteiger partial charge in [-0.1, -0.05) is 43.7 Å². The predicted octanol–water partition coefficient (Wildman–Crippen LogP) is 2.62. The third-order valence-electron chi connectivity index (χ3n) is 4.48. The fourth-order valence-corrected chi connectivity index (χ4v) is 4.00. The lowest BCUT2D eigenvalue weighted by atomic mass is 10.2. The van der Waals surface area contributed by atoms with Gasteiger partial charge in [-0.15, -0.1) is 10.2 Å². The summed E-state index contributed by atoms with van der Waals surface area (Å²) in [6, 6.07) is 7.66. The first kappa shape index (κ1) is 17.7. The van der Waals surface area contributed by atoms with E-state index in [-0.39, 0.29) is 5.56 Å². The number of benzene rings is 1. The van der Waals surface area contributed by atoms with Gasteiger partial charge in [-0.3, -0.25) is 18.4 Å². The minimum absolute atomic E-state index is 0.000712. The lowest BCUT2D eigenvalue weighted by molar-refractivity contribution is 0.594. The molecule has 4 aromatic rings. The van der Waals surface area contributed by atoms with Crippen molar-refractivity contribution in [3.8, 4) is 0 Å². The van der Waals surface area contributed by atoms with Gasteiger partial charge in [0.05, 0.1) is 17.4 Å². The monoisotopic (exact) mass is 383 g/mol. The summed E-state index contributed by atoms with van der Waals surface area (Å²) in [5, 5.41) is 14.3. The Bertz CT molecular complexity index is 1100. The fourth-order valence-electron chi connectivity index (χ4n) is 3.13.